The minimum Gasteiger partial charge on any atom is -0.341 e. The van der Waals surface area contributed by atoms with Crippen molar-refractivity contribution in [3.63, 3.8) is 0 Å². The van der Waals surface area contributed by atoms with Crippen LogP contribution in [0.5, 0.6) is 0 Å². The lowest BCUT2D eigenvalue weighted by Gasteiger charge is -2.29. The minimum atomic E-state index is -3.28. The van der Waals surface area contributed by atoms with Gasteiger partial charge in [0.15, 0.2) is 14.6 Å². The van der Waals surface area contributed by atoms with Gasteiger partial charge in [-0.1, -0.05) is 19.3 Å². The number of hydrogen-bond acceptors (Lipinski definition) is 3. The molecular formula is C14H23NO3S. The molecule has 1 saturated heterocycles. The zero-order valence-electron chi connectivity index (χ0n) is 11.4. The summed E-state index contributed by atoms with van der Waals surface area (Å²) >= 11 is 0. The van der Waals surface area contributed by atoms with Crippen molar-refractivity contribution in [1.29, 1.82) is 0 Å². The van der Waals surface area contributed by atoms with Gasteiger partial charge in [-0.05, 0) is 38.5 Å². The number of rotatable bonds is 3. The molecule has 19 heavy (non-hydrogen) atoms. The molecule has 2 saturated carbocycles. The molecule has 3 rings (SSSR count). The second-order valence-corrected chi connectivity index (χ2v) is 8.84. The van der Waals surface area contributed by atoms with Crippen LogP contribution in [0, 0.1) is 0 Å². The SMILES string of the molecule is O=C(N1CCCC1)C1(S(=O)(=O)C2CCCCC2)CC1. The number of nitrogens with zero attached hydrogens (tertiary/aromatic N) is 1. The predicted molar refractivity (Wildman–Crippen MR) is 73.6 cm³/mol. The van der Waals surface area contributed by atoms with E-state index in [2.05, 4.69) is 0 Å². The first-order valence-electron chi connectivity index (χ1n) is 7.61. The van der Waals surface area contributed by atoms with Gasteiger partial charge < -0.3 is 4.90 Å². The molecule has 108 valence electrons. The van der Waals surface area contributed by atoms with Gasteiger partial charge in [0, 0.05) is 13.1 Å². The lowest BCUT2D eigenvalue weighted by molar-refractivity contribution is -0.130. The van der Waals surface area contributed by atoms with Crippen LogP contribution in [0.3, 0.4) is 0 Å². The van der Waals surface area contributed by atoms with Crippen molar-refractivity contribution in [3.05, 3.63) is 0 Å². The minimum absolute atomic E-state index is 0.0874. The van der Waals surface area contributed by atoms with Gasteiger partial charge in [0.1, 0.15) is 0 Å². The molecule has 0 spiro atoms. The van der Waals surface area contributed by atoms with E-state index in [-0.39, 0.29) is 11.2 Å². The molecule has 0 aromatic rings. The molecule has 2 aliphatic carbocycles. The average Bonchev–Trinajstić information content (AvgIpc) is 3.08. The molecule has 3 aliphatic rings. The molecule has 0 aromatic heterocycles. The van der Waals surface area contributed by atoms with Gasteiger partial charge in [0.2, 0.25) is 5.91 Å². The van der Waals surface area contributed by atoms with Gasteiger partial charge in [-0.25, -0.2) is 8.42 Å². The fourth-order valence-corrected chi connectivity index (χ4v) is 6.27. The molecule has 1 heterocycles. The van der Waals surface area contributed by atoms with Crippen LogP contribution in [-0.4, -0.2) is 42.3 Å². The van der Waals surface area contributed by atoms with E-state index in [1.165, 1.54) is 0 Å². The van der Waals surface area contributed by atoms with Crippen molar-refractivity contribution < 1.29 is 13.2 Å². The van der Waals surface area contributed by atoms with E-state index >= 15 is 0 Å². The molecule has 5 heteroatoms. The van der Waals surface area contributed by atoms with Crippen molar-refractivity contribution in [2.24, 2.45) is 0 Å². The summed E-state index contributed by atoms with van der Waals surface area (Å²) in [5, 5.41) is -0.254. The van der Waals surface area contributed by atoms with E-state index in [4.69, 9.17) is 0 Å². The highest BCUT2D eigenvalue weighted by molar-refractivity contribution is 7.94. The van der Waals surface area contributed by atoms with Crippen molar-refractivity contribution in [2.45, 2.75) is 67.8 Å². The second kappa shape index (κ2) is 4.76. The Kier molecular flexibility index (Phi) is 3.36. The third kappa shape index (κ3) is 2.10. The number of sulfone groups is 1. The van der Waals surface area contributed by atoms with Crippen LogP contribution in [0.25, 0.3) is 0 Å². The van der Waals surface area contributed by atoms with Crippen LogP contribution in [0.4, 0.5) is 0 Å². The Balaban J connectivity index is 1.80. The summed E-state index contributed by atoms with van der Waals surface area (Å²) in [6.45, 7) is 1.50. The fourth-order valence-electron chi connectivity index (χ4n) is 3.64. The molecule has 0 radical (unpaired) electrons. The maximum atomic E-state index is 12.8. The molecule has 0 N–H and O–H groups in total. The Hall–Kier alpha value is -0.580. The van der Waals surface area contributed by atoms with Crippen LogP contribution in [0.1, 0.15) is 57.8 Å². The summed E-state index contributed by atoms with van der Waals surface area (Å²) in [5.41, 5.74) is 0. The fraction of sp³-hybridized carbons (Fsp3) is 0.929. The largest absolute Gasteiger partial charge is 0.341 e. The van der Waals surface area contributed by atoms with Crippen LogP contribution >= 0.6 is 0 Å². The van der Waals surface area contributed by atoms with Crippen molar-refractivity contribution in [3.8, 4) is 0 Å². The van der Waals surface area contributed by atoms with Crippen LogP contribution in [0.2, 0.25) is 0 Å². The number of likely N-dealkylation sites (tertiary alicyclic amines) is 1. The Morgan fingerprint density at radius 3 is 2.05 bits per heavy atom. The molecule has 1 amide bonds. The molecule has 3 fully saturated rings. The van der Waals surface area contributed by atoms with Crippen LogP contribution in [0.15, 0.2) is 0 Å². The third-order valence-corrected chi connectivity index (χ3v) is 8.04. The summed E-state index contributed by atoms with van der Waals surface area (Å²) in [6, 6.07) is 0. The molecule has 0 bridgehead atoms. The highest BCUT2D eigenvalue weighted by atomic mass is 32.2. The highest BCUT2D eigenvalue weighted by Crippen LogP contribution is 2.49. The summed E-state index contributed by atoms with van der Waals surface area (Å²) in [4.78, 5) is 14.4. The second-order valence-electron chi connectivity index (χ2n) is 6.30. The average molecular weight is 285 g/mol. The Bertz CT molecular complexity index is 455. The maximum absolute atomic E-state index is 12.8. The third-order valence-electron chi connectivity index (χ3n) is 5.02. The predicted octanol–water partition coefficient (Wildman–Crippen LogP) is 1.89. The smallest absolute Gasteiger partial charge is 0.244 e. The summed E-state index contributed by atoms with van der Waals surface area (Å²) < 4.78 is 24.6. The van der Waals surface area contributed by atoms with E-state index in [0.29, 0.717) is 12.8 Å². The van der Waals surface area contributed by atoms with Gasteiger partial charge in [-0.2, -0.15) is 0 Å². The van der Waals surface area contributed by atoms with Gasteiger partial charge >= 0.3 is 0 Å². The van der Waals surface area contributed by atoms with E-state index in [9.17, 15) is 13.2 Å². The molecule has 0 aromatic carbocycles. The number of hydrogen-bond donors (Lipinski definition) is 0. The Morgan fingerprint density at radius 1 is 0.947 bits per heavy atom. The maximum Gasteiger partial charge on any atom is 0.244 e. The lowest BCUT2D eigenvalue weighted by Crippen LogP contribution is -2.47. The van der Waals surface area contributed by atoms with Crippen LogP contribution < -0.4 is 0 Å². The Labute approximate surface area is 115 Å². The van der Waals surface area contributed by atoms with E-state index < -0.39 is 14.6 Å². The van der Waals surface area contributed by atoms with E-state index in [1.807, 2.05) is 0 Å². The first-order valence-corrected chi connectivity index (χ1v) is 9.15. The molecule has 0 atom stereocenters. The monoisotopic (exact) mass is 285 g/mol. The standard InChI is InChI=1S/C14H23NO3S/c16-13(15-10-4-5-11-15)14(8-9-14)19(17,18)12-6-2-1-3-7-12/h12H,1-11H2. The van der Waals surface area contributed by atoms with Crippen molar-refractivity contribution >= 4 is 15.7 Å². The normalized spacial score (nSPS) is 27.5. The first kappa shape index (κ1) is 13.4. The quantitative estimate of drug-likeness (QED) is 0.795. The lowest BCUT2D eigenvalue weighted by atomic mass is 10.0. The molecule has 4 nitrogen and oxygen atoms in total. The first-order chi connectivity index (χ1) is 9.08. The summed E-state index contributed by atoms with van der Waals surface area (Å²) in [7, 11) is -3.28. The number of carbonyl (C=O) groups excluding carboxylic acids is 1. The van der Waals surface area contributed by atoms with Crippen LogP contribution in [-0.2, 0) is 14.6 Å². The highest BCUT2D eigenvalue weighted by Gasteiger charge is 2.63. The summed E-state index contributed by atoms with van der Waals surface area (Å²) in [6.07, 6.45) is 7.81. The topological polar surface area (TPSA) is 54.5 Å². The Morgan fingerprint density at radius 2 is 1.53 bits per heavy atom. The zero-order valence-corrected chi connectivity index (χ0v) is 12.3. The van der Waals surface area contributed by atoms with E-state index in [0.717, 1.165) is 58.0 Å². The molecule has 0 unspecified atom stereocenters. The zero-order chi connectivity index (χ0) is 13.5. The van der Waals surface area contributed by atoms with Gasteiger partial charge in [-0.15, -0.1) is 0 Å². The van der Waals surface area contributed by atoms with Gasteiger partial charge in [0.25, 0.3) is 0 Å². The van der Waals surface area contributed by atoms with E-state index in [1.54, 1.807) is 4.90 Å². The molecule has 1 aliphatic heterocycles. The van der Waals surface area contributed by atoms with Gasteiger partial charge in [0.05, 0.1) is 5.25 Å². The van der Waals surface area contributed by atoms with Crippen molar-refractivity contribution in [1.82, 2.24) is 4.90 Å². The molecular weight excluding hydrogens is 262 g/mol. The number of amides is 1. The van der Waals surface area contributed by atoms with Crippen molar-refractivity contribution in [2.75, 3.05) is 13.1 Å². The summed E-state index contributed by atoms with van der Waals surface area (Å²) in [5.74, 6) is -0.0874. The van der Waals surface area contributed by atoms with Gasteiger partial charge in [-0.3, -0.25) is 4.79 Å². The number of carbonyl (C=O) groups is 1.